The van der Waals surface area contributed by atoms with Crippen LogP contribution >= 0.6 is 0 Å². The fourth-order valence-corrected chi connectivity index (χ4v) is 1.63. The number of piperidine rings is 1. The first-order chi connectivity index (χ1) is 5.16. The molecule has 1 rings (SSSR count). The zero-order chi connectivity index (χ0) is 8.43. The molecule has 0 amide bonds. The Labute approximate surface area is 68.5 Å². The maximum Gasteiger partial charge on any atom is 0.110 e. The molecule has 1 heterocycles. The Kier molecular flexibility index (Phi) is 2.87. The summed E-state index contributed by atoms with van der Waals surface area (Å²) >= 11 is 0. The van der Waals surface area contributed by atoms with E-state index in [-0.39, 0.29) is 6.23 Å². The van der Waals surface area contributed by atoms with Gasteiger partial charge in [-0.2, -0.15) is 0 Å². The van der Waals surface area contributed by atoms with Gasteiger partial charge in [-0.15, -0.1) is 0 Å². The highest BCUT2D eigenvalue weighted by Gasteiger charge is 2.29. The Balaban J connectivity index is 2.52. The van der Waals surface area contributed by atoms with Gasteiger partial charge in [0.1, 0.15) is 6.23 Å². The molecule has 0 aromatic carbocycles. The summed E-state index contributed by atoms with van der Waals surface area (Å²) < 4.78 is 5.29. The van der Waals surface area contributed by atoms with Crippen LogP contribution in [0.5, 0.6) is 0 Å². The molecule has 1 fully saturated rings. The van der Waals surface area contributed by atoms with Crippen molar-refractivity contribution in [2.45, 2.75) is 38.1 Å². The van der Waals surface area contributed by atoms with Crippen LogP contribution in [0.25, 0.3) is 0 Å². The van der Waals surface area contributed by atoms with Gasteiger partial charge in [-0.05, 0) is 26.8 Å². The molecule has 0 aromatic rings. The molecule has 1 saturated heterocycles. The van der Waals surface area contributed by atoms with Gasteiger partial charge in [0.25, 0.3) is 0 Å². The van der Waals surface area contributed by atoms with Gasteiger partial charge < -0.3 is 10.5 Å². The van der Waals surface area contributed by atoms with Crippen LogP contribution in [0.15, 0.2) is 0 Å². The normalized spacial score (nSPS) is 40.9. The number of nitrogens with two attached hydrogens (primary N) is 1. The van der Waals surface area contributed by atoms with E-state index in [4.69, 9.17) is 10.5 Å². The first-order valence-corrected chi connectivity index (χ1v) is 4.17. The molecule has 2 N–H and O–H groups in total. The van der Waals surface area contributed by atoms with Crippen molar-refractivity contribution in [2.75, 3.05) is 14.2 Å². The maximum atomic E-state index is 5.89. The van der Waals surface area contributed by atoms with Gasteiger partial charge >= 0.3 is 0 Å². The SMILES string of the molecule is COC1CCC(N)C(C)N1C. The van der Waals surface area contributed by atoms with Crippen molar-refractivity contribution in [3.05, 3.63) is 0 Å². The molecule has 3 atom stereocenters. The Morgan fingerprint density at radius 2 is 2.09 bits per heavy atom. The van der Waals surface area contributed by atoms with Gasteiger partial charge in [0.15, 0.2) is 0 Å². The number of methoxy groups -OCH3 is 1. The highest BCUT2D eigenvalue weighted by Crippen LogP contribution is 2.20. The van der Waals surface area contributed by atoms with Gasteiger partial charge in [0, 0.05) is 19.2 Å². The van der Waals surface area contributed by atoms with E-state index in [1.165, 1.54) is 0 Å². The summed E-state index contributed by atoms with van der Waals surface area (Å²) in [6.45, 7) is 2.15. The fraction of sp³-hybridized carbons (Fsp3) is 1.00. The Morgan fingerprint density at radius 1 is 1.45 bits per heavy atom. The van der Waals surface area contributed by atoms with E-state index >= 15 is 0 Å². The van der Waals surface area contributed by atoms with Gasteiger partial charge in [-0.1, -0.05) is 0 Å². The van der Waals surface area contributed by atoms with E-state index in [1.807, 2.05) is 0 Å². The van der Waals surface area contributed by atoms with Crippen LogP contribution in [0.1, 0.15) is 19.8 Å². The van der Waals surface area contributed by atoms with Crippen molar-refractivity contribution >= 4 is 0 Å². The van der Waals surface area contributed by atoms with Crippen LogP contribution in [0, 0.1) is 0 Å². The molecule has 0 bridgehead atoms. The predicted octanol–water partition coefficient (Wildman–Crippen LogP) is 0.400. The Bertz CT molecular complexity index is 127. The third kappa shape index (κ3) is 1.72. The predicted molar refractivity (Wildman–Crippen MR) is 45.2 cm³/mol. The number of hydrogen-bond acceptors (Lipinski definition) is 3. The molecule has 0 saturated carbocycles. The highest BCUT2D eigenvalue weighted by atomic mass is 16.5. The number of hydrogen-bond donors (Lipinski definition) is 1. The van der Waals surface area contributed by atoms with E-state index in [0.29, 0.717) is 12.1 Å². The number of rotatable bonds is 1. The molecular formula is C8H18N2O. The van der Waals surface area contributed by atoms with Crippen molar-refractivity contribution in [3.8, 4) is 0 Å². The first kappa shape index (κ1) is 8.97. The average molecular weight is 158 g/mol. The summed E-state index contributed by atoms with van der Waals surface area (Å²) in [7, 11) is 3.82. The Hall–Kier alpha value is -0.120. The second-order valence-electron chi connectivity index (χ2n) is 3.34. The van der Waals surface area contributed by atoms with E-state index in [2.05, 4.69) is 18.9 Å². The number of ether oxygens (including phenoxy) is 1. The smallest absolute Gasteiger partial charge is 0.110 e. The second-order valence-corrected chi connectivity index (χ2v) is 3.34. The van der Waals surface area contributed by atoms with Crippen LogP contribution in [-0.4, -0.2) is 37.4 Å². The lowest BCUT2D eigenvalue weighted by atomic mass is 9.98. The van der Waals surface area contributed by atoms with Crippen LogP contribution in [-0.2, 0) is 4.74 Å². The molecule has 1 aliphatic rings. The third-order valence-electron chi connectivity index (χ3n) is 2.74. The molecule has 0 spiro atoms. The summed E-state index contributed by atoms with van der Waals surface area (Å²) in [5.41, 5.74) is 5.89. The lowest BCUT2D eigenvalue weighted by molar-refractivity contribution is -0.0689. The first-order valence-electron chi connectivity index (χ1n) is 4.17. The molecule has 11 heavy (non-hydrogen) atoms. The minimum absolute atomic E-state index is 0.268. The van der Waals surface area contributed by atoms with E-state index in [1.54, 1.807) is 7.11 Å². The van der Waals surface area contributed by atoms with Crippen LogP contribution in [0.4, 0.5) is 0 Å². The number of likely N-dealkylation sites (N-methyl/N-ethyl adjacent to an activating group) is 1. The molecule has 1 aliphatic heterocycles. The molecule has 3 heteroatoms. The van der Waals surface area contributed by atoms with Gasteiger partial charge in [-0.3, -0.25) is 4.90 Å². The minimum atomic E-state index is 0.268. The standard InChI is InChI=1S/C8H18N2O/c1-6-7(9)4-5-8(11-3)10(6)2/h6-8H,4-5,9H2,1-3H3. The lowest BCUT2D eigenvalue weighted by Crippen LogP contribution is -2.53. The van der Waals surface area contributed by atoms with E-state index in [0.717, 1.165) is 12.8 Å². The average Bonchev–Trinajstić information content (AvgIpc) is 2.01. The van der Waals surface area contributed by atoms with Crippen LogP contribution < -0.4 is 5.73 Å². The van der Waals surface area contributed by atoms with Crippen molar-refractivity contribution in [1.82, 2.24) is 4.90 Å². The molecular weight excluding hydrogens is 140 g/mol. The maximum absolute atomic E-state index is 5.89. The van der Waals surface area contributed by atoms with E-state index < -0.39 is 0 Å². The van der Waals surface area contributed by atoms with Gasteiger partial charge in [0.05, 0.1) is 0 Å². The highest BCUT2D eigenvalue weighted by molar-refractivity contribution is 4.83. The van der Waals surface area contributed by atoms with Crippen molar-refractivity contribution in [3.63, 3.8) is 0 Å². The van der Waals surface area contributed by atoms with Crippen molar-refractivity contribution < 1.29 is 4.74 Å². The molecule has 3 unspecified atom stereocenters. The third-order valence-corrected chi connectivity index (χ3v) is 2.74. The Morgan fingerprint density at radius 3 is 2.64 bits per heavy atom. The monoisotopic (exact) mass is 158 g/mol. The summed E-state index contributed by atoms with van der Waals surface area (Å²) in [5.74, 6) is 0. The molecule has 66 valence electrons. The number of likely N-dealkylation sites (tertiary alicyclic amines) is 1. The minimum Gasteiger partial charge on any atom is -0.366 e. The number of nitrogens with zero attached hydrogens (tertiary/aromatic N) is 1. The lowest BCUT2D eigenvalue weighted by Gasteiger charge is -2.40. The van der Waals surface area contributed by atoms with Gasteiger partial charge in [0.2, 0.25) is 0 Å². The van der Waals surface area contributed by atoms with Crippen molar-refractivity contribution in [1.29, 1.82) is 0 Å². The summed E-state index contributed by atoms with van der Waals surface area (Å²) in [6, 6.07) is 0.750. The molecule has 3 nitrogen and oxygen atoms in total. The molecule has 0 aromatic heterocycles. The zero-order valence-corrected chi connectivity index (χ0v) is 7.58. The van der Waals surface area contributed by atoms with E-state index in [9.17, 15) is 0 Å². The summed E-state index contributed by atoms with van der Waals surface area (Å²) in [4.78, 5) is 2.20. The van der Waals surface area contributed by atoms with Gasteiger partial charge in [-0.25, -0.2) is 0 Å². The van der Waals surface area contributed by atoms with Crippen LogP contribution in [0.2, 0.25) is 0 Å². The molecule has 0 radical (unpaired) electrons. The summed E-state index contributed by atoms with van der Waals surface area (Å²) in [6.07, 6.45) is 2.40. The fourth-order valence-electron chi connectivity index (χ4n) is 1.63. The second kappa shape index (κ2) is 3.52. The quantitative estimate of drug-likeness (QED) is 0.600. The van der Waals surface area contributed by atoms with Crippen molar-refractivity contribution in [2.24, 2.45) is 5.73 Å². The zero-order valence-electron chi connectivity index (χ0n) is 7.58. The summed E-state index contributed by atoms with van der Waals surface area (Å²) in [5, 5.41) is 0. The topological polar surface area (TPSA) is 38.5 Å². The van der Waals surface area contributed by atoms with Crippen LogP contribution in [0.3, 0.4) is 0 Å². The molecule has 0 aliphatic carbocycles. The largest absolute Gasteiger partial charge is 0.366 e.